The van der Waals surface area contributed by atoms with Crippen molar-refractivity contribution in [3.05, 3.63) is 71.8 Å². The predicted molar refractivity (Wildman–Crippen MR) is 149 cm³/mol. The summed E-state index contributed by atoms with van der Waals surface area (Å²) in [6.45, 7) is 7.68. The van der Waals surface area contributed by atoms with E-state index in [1.807, 2.05) is 64.1 Å². The van der Waals surface area contributed by atoms with Crippen LogP contribution in [-0.2, 0) is 41.7 Å². The van der Waals surface area contributed by atoms with Gasteiger partial charge in [0.1, 0.15) is 24.7 Å². The molecule has 2 rings (SSSR count). The number of carboxylic acid groups (broad SMARTS) is 1. The molecule has 41 heavy (non-hydrogen) atoms. The van der Waals surface area contributed by atoms with E-state index in [2.05, 4.69) is 16.0 Å². The van der Waals surface area contributed by atoms with Gasteiger partial charge in [0.2, 0.25) is 11.8 Å². The summed E-state index contributed by atoms with van der Waals surface area (Å²) in [5.74, 6) is -2.19. The molecule has 0 radical (unpaired) electrons. The molecule has 0 spiro atoms. The van der Waals surface area contributed by atoms with E-state index >= 15 is 0 Å². The van der Waals surface area contributed by atoms with Crippen LogP contribution in [0.2, 0.25) is 0 Å². The van der Waals surface area contributed by atoms with Crippen molar-refractivity contribution in [3.8, 4) is 0 Å². The number of amides is 3. The van der Waals surface area contributed by atoms with Gasteiger partial charge in [0.15, 0.2) is 0 Å². The van der Waals surface area contributed by atoms with Gasteiger partial charge >= 0.3 is 18.2 Å². The molecule has 0 aromatic heterocycles. The number of aliphatic carboxylic acids is 1. The van der Waals surface area contributed by atoms with Crippen molar-refractivity contribution in [2.24, 2.45) is 11.8 Å². The van der Waals surface area contributed by atoms with Crippen LogP contribution in [0.5, 0.6) is 0 Å². The molecule has 11 heteroatoms. The van der Waals surface area contributed by atoms with E-state index in [0.717, 1.165) is 11.1 Å². The average molecular weight is 570 g/mol. The maximum absolute atomic E-state index is 13.2. The van der Waals surface area contributed by atoms with Gasteiger partial charge in [-0.15, -0.1) is 0 Å². The molecule has 222 valence electrons. The van der Waals surface area contributed by atoms with E-state index < -0.39 is 42.0 Å². The number of ether oxygens (including phenoxy) is 1. The van der Waals surface area contributed by atoms with Gasteiger partial charge in [0.25, 0.3) is 0 Å². The summed E-state index contributed by atoms with van der Waals surface area (Å²) in [6.07, 6.45) is 0.235. The summed E-state index contributed by atoms with van der Waals surface area (Å²) >= 11 is 0. The lowest BCUT2D eigenvalue weighted by Crippen LogP contribution is -2.56. The van der Waals surface area contributed by atoms with Gasteiger partial charge in [0.05, 0.1) is 0 Å². The molecule has 0 aliphatic heterocycles. The molecule has 0 unspecified atom stereocenters. The molecule has 4 N–H and O–H groups in total. The topological polar surface area (TPSA) is 168 Å². The predicted octanol–water partition coefficient (Wildman–Crippen LogP) is 3.09. The van der Waals surface area contributed by atoms with Crippen LogP contribution in [-0.4, -0.2) is 53.3 Å². The highest BCUT2D eigenvalue weighted by atomic mass is 16.5. The lowest BCUT2D eigenvalue weighted by molar-refractivity contribution is -0.191. The van der Waals surface area contributed by atoms with Crippen LogP contribution in [0.15, 0.2) is 60.7 Å². The summed E-state index contributed by atoms with van der Waals surface area (Å²) in [5.41, 5.74) is 1.57. The van der Waals surface area contributed by atoms with Gasteiger partial charge in [-0.25, -0.2) is 9.59 Å². The van der Waals surface area contributed by atoms with Crippen LogP contribution in [0.4, 0.5) is 4.79 Å². The number of alkyl carbamates (subject to hydrolysis) is 1. The second kappa shape index (κ2) is 18.7. The molecule has 0 saturated carbocycles. The van der Waals surface area contributed by atoms with Crippen LogP contribution in [0, 0.1) is 11.8 Å². The van der Waals surface area contributed by atoms with Gasteiger partial charge in [-0.05, 0) is 35.8 Å². The SMILES string of the molecule is CC(C)C[C@H](NC(=O)OCc1ccccc1)C(=O)N[C@@H](CC(C)C)C(=O)N[C@@H](Cc1ccccc1)C(=O)O.O=C=O. The molecule has 0 aliphatic carbocycles. The zero-order chi connectivity index (χ0) is 30.8. The second-order valence-electron chi connectivity index (χ2n) is 10.3. The summed E-state index contributed by atoms with van der Waals surface area (Å²) in [7, 11) is 0. The molecular formula is C30H39N3O8. The Morgan fingerprint density at radius 2 is 1.12 bits per heavy atom. The first-order valence-electron chi connectivity index (χ1n) is 13.3. The number of hydrogen-bond acceptors (Lipinski definition) is 7. The maximum Gasteiger partial charge on any atom is 0.408 e. The Morgan fingerprint density at radius 1 is 0.707 bits per heavy atom. The van der Waals surface area contributed by atoms with E-state index in [1.165, 1.54) is 0 Å². The minimum absolute atomic E-state index is 0.0378. The minimum Gasteiger partial charge on any atom is -0.480 e. The van der Waals surface area contributed by atoms with Crippen molar-refractivity contribution >= 4 is 30.0 Å². The third-order valence-corrected chi connectivity index (χ3v) is 5.77. The maximum atomic E-state index is 13.2. The van der Waals surface area contributed by atoms with Crippen molar-refractivity contribution in [3.63, 3.8) is 0 Å². The molecule has 0 saturated heterocycles. The quantitative estimate of drug-likeness (QED) is 0.269. The Hall–Kier alpha value is -4.50. The highest BCUT2D eigenvalue weighted by molar-refractivity contribution is 5.93. The minimum atomic E-state index is -1.17. The average Bonchev–Trinajstić information content (AvgIpc) is 2.91. The molecular weight excluding hydrogens is 530 g/mol. The zero-order valence-corrected chi connectivity index (χ0v) is 23.8. The van der Waals surface area contributed by atoms with Gasteiger partial charge in [-0.2, -0.15) is 9.59 Å². The number of nitrogens with one attached hydrogen (secondary N) is 3. The normalized spacial score (nSPS) is 12.5. The number of hydrogen-bond donors (Lipinski definition) is 4. The Morgan fingerprint density at radius 3 is 1.56 bits per heavy atom. The molecule has 2 aromatic carbocycles. The Kier molecular flexibility index (Phi) is 15.8. The zero-order valence-electron chi connectivity index (χ0n) is 23.8. The highest BCUT2D eigenvalue weighted by Gasteiger charge is 2.30. The number of benzene rings is 2. The van der Waals surface area contributed by atoms with Crippen molar-refractivity contribution in [1.29, 1.82) is 0 Å². The van der Waals surface area contributed by atoms with Gasteiger partial charge < -0.3 is 25.8 Å². The number of carbonyl (C=O) groups is 4. The summed E-state index contributed by atoms with van der Waals surface area (Å²) in [5, 5.41) is 17.6. The smallest absolute Gasteiger partial charge is 0.408 e. The van der Waals surface area contributed by atoms with Crippen LogP contribution in [0.25, 0.3) is 0 Å². The van der Waals surface area contributed by atoms with E-state index in [0.29, 0.717) is 12.8 Å². The van der Waals surface area contributed by atoms with Crippen LogP contribution in [0.3, 0.4) is 0 Å². The van der Waals surface area contributed by atoms with Crippen molar-refractivity contribution in [2.45, 2.75) is 71.7 Å². The van der Waals surface area contributed by atoms with Gasteiger partial charge in [-0.1, -0.05) is 88.4 Å². The van der Waals surface area contributed by atoms with Crippen molar-refractivity contribution < 1.29 is 38.6 Å². The number of rotatable bonds is 14. The molecule has 3 atom stereocenters. The first-order valence-corrected chi connectivity index (χ1v) is 13.3. The first-order chi connectivity index (χ1) is 19.5. The van der Waals surface area contributed by atoms with E-state index in [4.69, 9.17) is 14.3 Å². The van der Waals surface area contributed by atoms with Crippen LogP contribution in [0.1, 0.15) is 51.7 Å². The third-order valence-electron chi connectivity index (χ3n) is 5.77. The molecule has 11 nitrogen and oxygen atoms in total. The van der Waals surface area contributed by atoms with Gasteiger partial charge in [0, 0.05) is 6.42 Å². The monoisotopic (exact) mass is 569 g/mol. The van der Waals surface area contributed by atoms with E-state index in [1.54, 1.807) is 24.3 Å². The van der Waals surface area contributed by atoms with Crippen LogP contribution >= 0.6 is 0 Å². The summed E-state index contributed by atoms with van der Waals surface area (Å²) in [4.78, 5) is 66.9. The van der Waals surface area contributed by atoms with Gasteiger partial charge in [-0.3, -0.25) is 9.59 Å². The molecule has 0 heterocycles. The fourth-order valence-corrected chi connectivity index (χ4v) is 3.91. The van der Waals surface area contributed by atoms with E-state index in [9.17, 15) is 24.3 Å². The Labute approximate surface area is 240 Å². The largest absolute Gasteiger partial charge is 0.480 e. The fourth-order valence-electron chi connectivity index (χ4n) is 3.91. The molecule has 0 bridgehead atoms. The first kappa shape index (κ1) is 34.5. The van der Waals surface area contributed by atoms with Crippen molar-refractivity contribution in [2.75, 3.05) is 0 Å². The standard InChI is InChI=1S/C29H39N3O6.CO2/c1-19(2)15-23(26(33)31-25(28(35)36)17-21-11-7-5-8-12-21)30-27(34)24(16-20(3)4)32-29(37)38-18-22-13-9-6-10-14-22;2-1-3/h5-14,19-20,23-25H,15-18H2,1-4H3,(H,30,34)(H,31,33)(H,32,37)(H,35,36);/t23-,24-,25-;/m0./s1. The van der Waals surface area contributed by atoms with Crippen LogP contribution < -0.4 is 16.0 Å². The Bertz CT molecular complexity index is 1130. The molecule has 2 aromatic rings. The lowest BCUT2D eigenvalue weighted by Gasteiger charge is -2.26. The lowest BCUT2D eigenvalue weighted by atomic mass is 9.99. The molecule has 3 amide bonds. The van der Waals surface area contributed by atoms with Crippen molar-refractivity contribution in [1.82, 2.24) is 16.0 Å². The fraction of sp³-hybridized carbons (Fsp3) is 0.433. The third kappa shape index (κ3) is 14.5. The number of carbonyl (C=O) groups excluding carboxylic acids is 5. The summed E-state index contributed by atoms with van der Waals surface area (Å²) in [6, 6.07) is 15.1. The highest BCUT2D eigenvalue weighted by Crippen LogP contribution is 2.11. The molecule has 0 aliphatic rings. The Balaban J connectivity index is 0.00000268. The summed E-state index contributed by atoms with van der Waals surface area (Å²) < 4.78 is 5.27. The number of carboxylic acids is 1. The molecule has 0 fully saturated rings. The second-order valence-corrected chi connectivity index (χ2v) is 10.3. The van der Waals surface area contributed by atoms with E-state index in [-0.39, 0.29) is 31.0 Å².